The van der Waals surface area contributed by atoms with Gasteiger partial charge in [0.05, 0.1) is 0 Å². The molecule has 2 nitrogen and oxygen atoms in total. The van der Waals surface area contributed by atoms with Crippen LogP contribution in [0.25, 0.3) is 0 Å². The van der Waals surface area contributed by atoms with Gasteiger partial charge in [-0.15, -0.1) is 0 Å². The highest BCUT2D eigenvalue weighted by Gasteiger charge is 2.32. The number of nitrogens with zero attached hydrogens (tertiary/aromatic N) is 1. The molecule has 0 saturated carbocycles. The fraction of sp³-hybridized carbons (Fsp3) is 0.647. The van der Waals surface area contributed by atoms with Crippen molar-refractivity contribution >= 4 is 0 Å². The van der Waals surface area contributed by atoms with E-state index in [9.17, 15) is 0 Å². The maximum atomic E-state index is 3.68. The predicted octanol–water partition coefficient (Wildman–Crippen LogP) is 2.65. The first kappa shape index (κ1) is 13.1. The smallest absolute Gasteiger partial charge is 0.0244 e. The van der Waals surface area contributed by atoms with Gasteiger partial charge in [0.2, 0.25) is 0 Å². The first-order valence-corrected chi connectivity index (χ1v) is 7.57. The Bertz CT molecular complexity index is 447. The Kier molecular flexibility index (Phi) is 3.40. The van der Waals surface area contributed by atoms with E-state index in [1.807, 2.05) is 0 Å². The number of rotatable bonds is 2. The SMILES string of the molecule is CC(C)(C)C1CN(CC2Cc3ccccc32)CCN1. The summed E-state index contributed by atoms with van der Waals surface area (Å²) in [7, 11) is 0. The van der Waals surface area contributed by atoms with Crippen LogP contribution >= 0.6 is 0 Å². The largest absolute Gasteiger partial charge is 0.311 e. The number of nitrogens with one attached hydrogen (secondary N) is 1. The van der Waals surface area contributed by atoms with Gasteiger partial charge in [0.25, 0.3) is 0 Å². The summed E-state index contributed by atoms with van der Waals surface area (Å²) < 4.78 is 0. The minimum Gasteiger partial charge on any atom is -0.311 e. The van der Waals surface area contributed by atoms with Gasteiger partial charge in [-0.05, 0) is 23.0 Å². The molecular weight excluding hydrogens is 232 g/mol. The molecule has 2 heteroatoms. The Labute approximate surface area is 117 Å². The van der Waals surface area contributed by atoms with Crippen LogP contribution in [-0.2, 0) is 6.42 Å². The quantitative estimate of drug-likeness (QED) is 0.877. The Balaban J connectivity index is 1.60. The van der Waals surface area contributed by atoms with Crippen LogP contribution in [0.2, 0.25) is 0 Å². The fourth-order valence-corrected chi connectivity index (χ4v) is 3.39. The second-order valence-electron chi connectivity index (χ2n) is 7.23. The lowest BCUT2D eigenvalue weighted by Gasteiger charge is -2.43. The van der Waals surface area contributed by atoms with Crippen LogP contribution in [0.4, 0.5) is 0 Å². The van der Waals surface area contributed by atoms with Crippen LogP contribution in [0, 0.1) is 5.41 Å². The second kappa shape index (κ2) is 4.92. The van der Waals surface area contributed by atoms with Gasteiger partial charge in [0, 0.05) is 38.1 Å². The highest BCUT2D eigenvalue weighted by atomic mass is 15.2. The monoisotopic (exact) mass is 258 g/mol. The van der Waals surface area contributed by atoms with Crippen molar-refractivity contribution in [3.05, 3.63) is 35.4 Å². The first-order valence-electron chi connectivity index (χ1n) is 7.57. The Hall–Kier alpha value is -0.860. The molecule has 1 aromatic carbocycles. The highest BCUT2D eigenvalue weighted by Crippen LogP contribution is 2.35. The summed E-state index contributed by atoms with van der Waals surface area (Å²) in [4.78, 5) is 2.66. The Morgan fingerprint density at radius 1 is 1.26 bits per heavy atom. The maximum Gasteiger partial charge on any atom is 0.0244 e. The molecule has 1 heterocycles. The number of hydrogen-bond donors (Lipinski definition) is 1. The summed E-state index contributed by atoms with van der Waals surface area (Å²) in [6.07, 6.45) is 1.28. The molecule has 1 aliphatic heterocycles. The van der Waals surface area contributed by atoms with Gasteiger partial charge in [-0.2, -0.15) is 0 Å². The minimum atomic E-state index is 0.357. The van der Waals surface area contributed by atoms with E-state index in [0.29, 0.717) is 11.5 Å². The van der Waals surface area contributed by atoms with E-state index in [1.54, 1.807) is 11.1 Å². The van der Waals surface area contributed by atoms with E-state index in [1.165, 1.54) is 26.1 Å². The van der Waals surface area contributed by atoms with Crippen LogP contribution in [-0.4, -0.2) is 37.1 Å². The van der Waals surface area contributed by atoms with E-state index in [-0.39, 0.29) is 0 Å². The molecular formula is C17H26N2. The molecule has 2 unspecified atom stereocenters. The zero-order valence-electron chi connectivity index (χ0n) is 12.4. The molecule has 1 aromatic rings. The van der Waals surface area contributed by atoms with E-state index in [2.05, 4.69) is 55.3 Å². The minimum absolute atomic E-state index is 0.357. The van der Waals surface area contributed by atoms with Crippen molar-refractivity contribution in [2.75, 3.05) is 26.2 Å². The summed E-state index contributed by atoms with van der Waals surface area (Å²) in [6, 6.07) is 9.56. The lowest BCUT2D eigenvalue weighted by Crippen LogP contribution is -2.56. The standard InChI is InChI=1S/C17H26N2/c1-17(2,3)16-12-19(9-8-18-16)11-14-10-13-6-4-5-7-15(13)14/h4-7,14,16,18H,8-12H2,1-3H3. The third kappa shape index (κ3) is 2.70. The molecule has 19 heavy (non-hydrogen) atoms. The van der Waals surface area contributed by atoms with Crippen LogP contribution in [0.15, 0.2) is 24.3 Å². The molecule has 0 radical (unpaired) electrons. The van der Waals surface area contributed by atoms with Crippen molar-refractivity contribution in [3.63, 3.8) is 0 Å². The van der Waals surface area contributed by atoms with Gasteiger partial charge < -0.3 is 5.32 Å². The van der Waals surface area contributed by atoms with Crippen molar-refractivity contribution in [2.45, 2.75) is 39.2 Å². The highest BCUT2D eigenvalue weighted by molar-refractivity contribution is 5.40. The van der Waals surface area contributed by atoms with Gasteiger partial charge >= 0.3 is 0 Å². The topological polar surface area (TPSA) is 15.3 Å². The van der Waals surface area contributed by atoms with Crippen molar-refractivity contribution in [1.82, 2.24) is 10.2 Å². The maximum absolute atomic E-state index is 3.68. The molecule has 3 rings (SSSR count). The number of benzene rings is 1. The van der Waals surface area contributed by atoms with Gasteiger partial charge in [0.1, 0.15) is 0 Å². The van der Waals surface area contributed by atoms with Gasteiger partial charge in [-0.3, -0.25) is 4.90 Å². The lowest BCUT2D eigenvalue weighted by atomic mass is 9.77. The third-order valence-corrected chi connectivity index (χ3v) is 4.74. The Morgan fingerprint density at radius 2 is 2.05 bits per heavy atom. The average molecular weight is 258 g/mol. The molecule has 0 spiro atoms. The molecule has 2 atom stereocenters. The zero-order valence-corrected chi connectivity index (χ0v) is 12.4. The molecule has 1 N–H and O–H groups in total. The van der Waals surface area contributed by atoms with Crippen molar-refractivity contribution < 1.29 is 0 Å². The second-order valence-corrected chi connectivity index (χ2v) is 7.23. The zero-order chi connectivity index (χ0) is 13.5. The molecule has 0 amide bonds. The van der Waals surface area contributed by atoms with Crippen molar-refractivity contribution in [1.29, 1.82) is 0 Å². The first-order chi connectivity index (χ1) is 9.04. The van der Waals surface area contributed by atoms with Gasteiger partial charge in [-0.1, -0.05) is 45.0 Å². The molecule has 0 aromatic heterocycles. The van der Waals surface area contributed by atoms with E-state index in [4.69, 9.17) is 0 Å². The summed E-state index contributed by atoms with van der Waals surface area (Å²) in [5.74, 6) is 0.773. The average Bonchev–Trinajstić information content (AvgIpc) is 2.35. The summed E-state index contributed by atoms with van der Waals surface area (Å²) >= 11 is 0. The normalized spacial score (nSPS) is 27.7. The van der Waals surface area contributed by atoms with Crippen molar-refractivity contribution in [2.24, 2.45) is 5.41 Å². The van der Waals surface area contributed by atoms with E-state index in [0.717, 1.165) is 12.5 Å². The van der Waals surface area contributed by atoms with Gasteiger partial charge in [-0.25, -0.2) is 0 Å². The summed E-state index contributed by atoms with van der Waals surface area (Å²) in [5.41, 5.74) is 3.51. The van der Waals surface area contributed by atoms with Gasteiger partial charge in [0.15, 0.2) is 0 Å². The molecule has 1 fully saturated rings. The van der Waals surface area contributed by atoms with E-state index < -0.39 is 0 Å². The third-order valence-electron chi connectivity index (χ3n) is 4.74. The van der Waals surface area contributed by atoms with E-state index >= 15 is 0 Å². The van der Waals surface area contributed by atoms with Crippen LogP contribution in [0.5, 0.6) is 0 Å². The lowest BCUT2D eigenvalue weighted by molar-refractivity contribution is 0.126. The van der Waals surface area contributed by atoms with Crippen LogP contribution in [0.3, 0.4) is 0 Å². The number of hydrogen-bond acceptors (Lipinski definition) is 2. The molecule has 1 aliphatic carbocycles. The number of piperazine rings is 1. The van der Waals surface area contributed by atoms with Crippen molar-refractivity contribution in [3.8, 4) is 0 Å². The van der Waals surface area contributed by atoms with Crippen LogP contribution < -0.4 is 5.32 Å². The fourth-order valence-electron chi connectivity index (χ4n) is 3.39. The predicted molar refractivity (Wildman–Crippen MR) is 80.6 cm³/mol. The summed E-state index contributed by atoms with van der Waals surface area (Å²) in [5, 5.41) is 3.68. The molecule has 104 valence electrons. The molecule has 2 aliphatic rings. The molecule has 0 bridgehead atoms. The number of fused-ring (bicyclic) bond motifs is 1. The molecule has 1 saturated heterocycles. The summed E-state index contributed by atoms with van der Waals surface area (Å²) in [6.45, 7) is 11.8. The van der Waals surface area contributed by atoms with Crippen LogP contribution in [0.1, 0.15) is 37.8 Å². The Morgan fingerprint density at radius 3 is 2.79 bits per heavy atom.